The van der Waals surface area contributed by atoms with Crippen molar-refractivity contribution >= 4 is 45.2 Å². The van der Waals surface area contributed by atoms with Crippen molar-refractivity contribution < 1.29 is 55.3 Å². The molecule has 208 valence electrons. The number of alkyl halides is 3. The molecule has 0 radical (unpaired) electrons. The second kappa shape index (κ2) is 11.1. The first kappa shape index (κ1) is 30.7. The highest BCUT2D eigenvalue weighted by molar-refractivity contribution is 7.91. The van der Waals surface area contributed by atoms with Crippen molar-refractivity contribution in [2.75, 3.05) is 24.8 Å². The number of hydrogen-bond donors (Lipinski definition) is 0. The van der Waals surface area contributed by atoms with E-state index in [1.807, 2.05) is 0 Å². The van der Waals surface area contributed by atoms with Crippen molar-refractivity contribution in [3.8, 4) is 11.5 Å². The second-order valence-corrected chi connectivity index (χ2v) is 11.2. The summed E-state index contributed by atoms with van der Waals surface area (Å²) in [4.78, 5) is 36.5. The van der Waals surface area contributed by atoms with Gasteiger partial charge in [-0.15, -0.1) is 0 Å². The van der Waals surface area contributed by atoms with Crippen molar-refractivity contribution in [1.82, 2.24) is 0 Å². The van der Waals surface area contributed by atoms with E-state index in [1.165, 1.54) is 20.8 Å². The van der Waals surface area contributed by atoms with Gasteiger partial charge in [-0.05, 0) is 45.0 Å². The molecular weight excluding hydrogens is 559 g/mol. The Morgan fingerprint density at radius 2 is 1.68 bits per heavy atom. The highest BCUT2D eigenvalue weighted by Gasteiger charge is 2.36. The lowest BCUT2D eigenvalue weighted by Crippen LogP contribution is -2.41. The summed E-state index contributed by atoms with van der Waals surface area (Å²) in [6.45, 7) is 3.43. The topological polar surface area (TPSA) is 139 Å². The maximum atomic E-state index is 13.6. The smallest absolute Gasteiger partial charge is 0.420 e. The fraction of sp³-hybridized carbons (Fsp3) is 0.348. The molecule has 0 fully saturated rings. The minimum absolute atomic E-state index is 0.276. The quantitative estimate of drug-likeness (QED) is 0.447. The average Bonchev–Trinajstić information content (AvgIpc) is 2.75. The molecule has 2 aromatic rings. The summed E-state index contributed by atoms with van der Waals surface area (Å²) >= 11 is 5.67. The summed E-state index contributed by atoms with van der Waals surface area (Å²) in [6, 6.07) is 3.86. The van der Waals surface area contributed by atoms with Crippen LogP contribution in [-0.4, -0.2) is 52.0 Å². The zero-order valence-corrected chi connectivity index (χ0v) is 22.2. The van der Waals surface area contributed by atoms with Crippen LogP contribution >= 0.6 is 11.6 Å². The van der Waals surface area contributed by atoms with Crippen LogP contribution in [0.2, 0.25) is 5.02 Å². The number of esters is 1. The second-order valence-electron chi connectivity index (χ2n) is 8.76. The fourth-order valence-corrected chi connectivity index (χ4v) is 4.35. The van der Waals surface area contributed by atoms with E-state index in [1.54, 1.807) is 0 Å². The zero-order chi connectivity index (χ0) is 29.2. The van der Waals surface area contributed by atoms with Gasteiger partial charge in [0.2, 0.25) is 0 Å². The third-order valence-electron chi connectivity index (χ3n) is 4.53. The first-order valence-corrected chi connectivity index (χ1v) is 12.7. The molecule has 0 atom stereocenters. The number of nitrogens with zero attached hydrogens (tertiary/aromatic N) is 1. The molecule has 2 aromatic carbocycles. The molecule has 0 aliphatic heterocycles. The van der Waals surface area contributed by atoms with Gasteiger partial charge < -0.3 is 24.1 Å². The summed E-state index contributed by atoms with van der Waals surface area (Å²) in [5, 5.41) is 11.7. The van der Waals surface area contributed by atoms with Crippen molar-refractivity contribution in [3.05, 3.63) is 46.5 Å². The molecule has 0 aromatic heterocycles. The van der Waals surface area contributed by atoms with Crippen LogP contribution in [0.15, 0.2) is 35.2 Å². The molecule has 0 saturated carbocycles. The van der Waals surface area contributed by atoms with Crippen LogP contribution in [0.3, 0.4) is 0 Å². The van der Waals surface area contributed by atoms with E-state index >= 15 is 0 Å². The Kier molecular flexibility index (Phi) is 8.95. The van der Waals surface area contributed by atoms with Gasteiger partial charge in [0.25, 0.3) is 0 Å². The predicted octanol–water partition coefficient (Wildman–Crippen LogP) is 3.83. The number of carbonyl (C=O) groups excluding carboxylic acids is 3. The number of hydrogen-bond acceptors (Lipinski definition) is 9. The molecule has 0 unspecified atom stereocenters. The summed E-state index contributed by atoms with van der Waals surface area (Å²) in [7, 11) is -3.51. The van der Waals surface area contributed by atoms with E-state index in [2.05, 4.69) is 4.74 Å². The number of anilines is 1. The number of carbonyl (C=O) groups is 3. The number of halogens is 4. The molecule has 0 aliphatic rings. The van der Waals surface area contributed by atoms with Crippen LogP contribution < -0.4 is 14.7 Å². The molecule has 0 bridgehead atoms. The van der Waals surface area contributed by atoms with Crippen molar-refractivity contribution in [2.45, 2.75) is 37.4 Å². The first-order chi connectivity index (χ1) is 17.2. The summed E-state index contributed by atoms with van der Waals surface area (Å²) < 4.78 is 81.1. The third kappa shape index (κ3) is 7.74. The Morgan fingerprint density at radius 1 is 1.08 bits per heavy atom. The molecule has 0 heterocycles. The van der Waals surface area contributed by atoms with Gasteiger partial charge in [0, 0.05) is 22.9 Å². The van der Waals surface area contributed by atoms with Gasteiger partial charge in [0.05, 0.1) is 29.2 Å². The van der Waals surface area contributed by atoms with E-state index in [0.717, 1.165) is 25.3 Å². The molecule has 0 aliphatic carbocycles. The average molecular weight is 581 g/mol. The molecule has 0 saturated heterocycles. The molecule has 1 amide bonds. The standard InChI is InChI=1S/C23H23ClF3NO9S/c1-22(2,3)37-21(32)28(11-18(29)35-4)16-10-13(9-14(20(30)31)19(16)38(5,33)34)36-17-7-6-12(24)8-15(17)23(25,26)27/h6-10H,11H2,1-5H3,(H,30,31)/p-1. The lowest BCUT2D eigenvalue weighted by Gasteiger charge is -2.29. The highest BCUT2D eigenvalue weighted by Crippen LogP contribution is 2.41. The number of benzene rings is 2. The van der Waals surface area contributed by atoms with Gasteiger partial charge in [-0.25, -0.2) is 13.2 Å². The molecule has 15 heteroatoms. The molecule has 0 N–H and O–H groups in total. The fourth-order valence-electron chi connectivity index (χ4n) is 3.09. The first-order valence-electron chi connectivity index (χ1n) is 10.5. The number of ether oxygens (including phenoxy) is 3. The van der Waals surface area contributed by atoms with Crippen LogP contribution in [0.5, 0.6) is 11.5 Å². The van der Waals surface area contributed by atoms with E-state index in [4.69, 9.17) is 21.1 Å². The van der Waals surface area contributed by atoms with E-state index in [0.29, 0.717) is 23.3 Å². The number of carboxylic acids is 1. The SMILES string of the molecule is COC(=O)CN(C(=O)OC(C)(C)C)c1cc(Oc2ccc(Cl)cc2C(F)(F)F)cc(C(=O)[O-])c1S(C)(=O)=O. The predicted molar refractivity (Wildman–Crippen MR) is 126 cm³/mol. The van der Waals surface area contributed by atoms with Crippen LogP contribution in [0, 0.1) is 0 Å². The minimum Gasteiger partial charge on any atom is -0.545 e. The maximum Gasteiger partial charge on any atom is 0.420 e. The maximum absolute atomic E-state index is 13.6. The van der Waals surface area contributed by atoms with Gasteiger partial charge >= 0.3 is 18.2 Å². The van der Waals surface area contributed by atoms with Gasteiger partial charge in [-0.2, -0.15) is 13.2 Å². The van der Waals surface area contributed by atoms with Crippen LogP contribution in [0.4, 0.5) is 23.7 Å². The Morgan fingerprint density at radius 3 is 2.16 bits per heavy atom. The zero-order valence-electron chi connectivity index (χ0n) is 20.6. The Labute approximate surface area is 220 Å². The van der Waals surface area contributed by atoms with Crippen molar-refractivity contribution in [3.63, 3.8) is 0 Å². The number of carboxylic acid groups (broad SMARTS) is 1. The normalized spacial score (nSPS) is 12.0. The van der Waals surface area contributed by atoms with Gasteiger partial charge in [0.15, 0.2) is 9.84 Å². The molecule has 10 nitrogen and oxygen atoms in total. The third-order valence-corrected chi connectivity index (χ3v) is 5.93. The van der Waals surface area contributed by atoms with E-state index < -0.39 is 79.4 Å². The monoisotopic (exact) mass is 580 g/mol. The lowest BCUT2D eigenvalue weighted by atomic mass is 10.1. The molecular formula is C23H22ClF3NO9S-. The van der Waals surface area contributed by atoms with Crippen molar-refractivity contribution in [1.29, 1.82) is 0 Å². The van der Waals surface area contributed by atoms with Crippen LogP contribution in [0.1, 0.15) is 36.7 Å². The van der Waals surface area contributed by atoms with Crippen molar-refractivity contribution in [2.24, 2.45) is 0 Å². The van der Waals surface area contributed by atoms with Gasteiger partial charge in [-0.1, -0.05) is 11.6 Å². The molecule has 38 heavy (non-hydrogen) atoms. The minimum atomic E-state index is -4.94. The van der Waals surface area contributed by atoms with Crippen LogP contribution in [0.25, 0.3) is 0 Å². The van der Waals surface area contributed by atoms with Gasteiger partial charge in [-0.3, -0.25) is 9.69 Å². The van der Waals surface area contributed by atoms with Crippen LogP contribution in [-0.2, 0) is 30.3 Å². The number of rotatable bonds is 7. The lowest BCUT2D eigenvalue weighted by molar-refractivity contribution is -0.255. The number of sulfone groups is 1. The Hall–Kier alpha value is -3.52. The summed E-state index contributed by atoms with van der Waals surface area (Å²) in [5.74, 6) is -4.58. The Bertz CT molecular complexity index is 1370. The Balaban J connectivity index is 2.89. The van der Waals surface area contributed by atoms with E-state index in [-0.39, 0.29) is 5.02 Å². The molecule has 2 rings (SSSR count). The molecule has 0 spiro atoms. The largest absolute Gasteiger partial charge is 0.545 e. The van der Waals surface area contributed by atoms with Gasteiger partial charge in [0.1, 0.15) is 23.6 Å². The summed E-state index contributed by atoms with van der Waals surface area (Å²) in [6.07, 6.45) is -5.62. The van der Waals surface area contributed by atoms with E-state index in [9.17, 15) is 41.1 Å². The number of aromatic carboxylic acids is 1. The summed E-state index contributed by atoms with van der Waals surface area (Å²) in [5.41, 5.74) is -4.29. The number of amides is 1. The highest BCUT2D eigenvalue weighted by atomic mass is 35.5. The number of methoxy groups -OCH3 is 1.